The lowest BCUT2D eigenvalue weighted by Gasteiger charge is -1.99. The highest BCUT2D eigenvalue weighted by Gasteiger charge is 2.08. The van der Waals surface area contributed by atoms with Crippen LogP contribution in [0.1, 0.15) is 17.3 Å². The first-order valence-corrected chi connectivity index (χ1v) is 3.64. The second-order valence-electron chi connectivity index (χ2n) is 2.31. The summed E-state index contributed by atoms with van der Waals surface area (Å²) in [6.45, 7) is 1.15. The Morgan fingerprint density at radius 1 is 1.08 bits per heavy atom. The number of hydrogen-bond donors (Lipinski definition) is 0. The van der Waals surface area contributed by atoms with Gasteiger partial charge in [-0.1, -0.05) is 18.2 Å². The van der Waals surface area contributed by atoms with E-state index in [2.05, 4.69) is 9.78 Å². The molecule has 0 N–H and O–H groups in total. The monoisotopic (exact) mass is 180 g/mol. The van der Waals surface area contributed by atoms with Crippen molar-refractivity contribution in [2.75, 3.05) is 0 Å². The summed E-state index contributed by atoms with van der Waals surface area (Å²) in [5.41, 5.74) is 0.337. The minimum Gasteiger partial charge on any atom is -0.248 e. The van der Waals surface area contributed by atoms with Crippen LogP contribution in [0.4, 0.5) is 0 Å². The minimum absolute atomic E-state index is 0.337. The SMILES string of the molecule is CC(=O)OOC(=O)c1ccccc1. The lowest BCUT2D eigenvalue weighted by atomic mass is 10.2. The molecule has 0 fully saturated rings. The molecule has 0 atom stereocenters. The number of rotatable bonds is 1. The Balaban J connectivity index is 2.54. The van der Waals surface area contributed by atoms with Crippen LogP contribution in [0.5, 0.6) is 0 Å². The number of benzene rings is 1. The van der Waals surface area contributed by atoms with Gasteiger partial charge < -0.3 is 0 Å². The molecule has 0 spiro atoms. The van der Waals surface area contributed by atoms with Gasteiger partial charge in [0.25, 0.3) is 0 Å². The molecule has 0 unspecified atom stereocenters. The molecule has 1 aromatic rings. The number of hydrogen-bond acceptors (Lipinski definition) is 4. The third-order valence-electron chi connectivity index (χ3n) is 1.24. The van der Waals surface area contributed by atoms with Crippen molar-refractivity contribution in [1.82, 2.24) is 0 Å². The average Bonchev–Trinajstić information content (AvgIpc) is 2.15. The molecule has 13 heavy (non-hydrogen) atoms. The molecule has 0 saturated heterocycles. The maximum absolute atomic E-state index is 11.0. The second kappa shape index (κ2) is 4.25. The Labute approximate surface area is 75.0 Å². The molecule has 1 rings (SSSR count). The summed E-state index contributed by atoms with van der Waals surface area (Å²) in [5, 5.41) is 0. The first kappa shape index (κ1) is 9.25. The van der Waals surface area contributed by atoms with E-state index in [4.69, 9.17) is 0 Å². The van der Waals surface area contributed by atoms with Gasteiger partial charge in [-0.05, 0) is 12.1 Å². The van der Waals surface area contributed by atoms with Crippen molar-refractivity contribution in [2.24, 2.45) is 0 Å². The van der Waals surface area contributed by atoms with Crippen LogP contribution in [0.3, 0.4) is 0 Å². The average molecular weight is 180 g/mol. The van der Waals surface area contributed by atoms with Gasteiger partial charge in [0, 0.05) is 6.92 Å². The van der Waals surface area contributed by atoms with Gasteiger partial charge in [0.2, 0.25) is 0 Å². The Morgan fingerprint density at radius 2 is 1.69 bits per heavy atom. The lowest BCUT2D eigenvalue weighted by Crippen LogP contribution is -2.08. The van der Waals surface area contributed by atoms with E-state index in [9.17, 15) is 9.59 Å². The maximum atomic E-state index is 11.0. The fourth-order valence-corrected chi connectivity index (χ4v) is 0.719. The molecule has 68 valence electrons. The third kappa shape index (κ3) is 2.94. The van der Waals surface area contributed by atoms with E-state index in [0.717, 1.165) is 6.92 Å². The van der Waals surface area contributed by atoms with Crippen LogP contribution in [0.15, 0.2) is 30.3 Å². The van der Waals surface area contributed by atoms with Crippen molar-refractivity contribution in [1.29, 1.82) is 0 Å². The summed E-state index contributed by atoms with van der Waals surface area (Å²) in [4.78, 5) is 29.6. The molecule has 0 aromatic heterocycles. The van der Waals surface area contributed by atoms with Gasteiger partial charge in [-0.2, -0.15) is 0 Å². The summed E-state index contributed by atoms with van der Waals surface area (Å²) in [6, 6.07) is 8.26. The van der Waals surface area contributed by atoms with E-state index in [1.54, 1.807) is 30.3 Å². The third-order valence-corrected chi connectivity index (χ3v) is 1.24. The first-order chi connectivity index (χ1) is 6.20. The van der Waals surface area contributed by atoms with Gasteiger partial charge in [-0.15, -0.1) is 0 Å². The summed E-state index contributed by atoms with van der Waals surface area (Å²) in [7, 11) is 0. The van der Waals surface area contributed by atoms with Crippen molar-refractivity contribution in [3.8, 4) is 0 Å². The van der Waals surface area contributed by atoms with Crippen LogP contribution in [0.2, 0.25) is 0 Å². The summed E-state index contributed by atoms with van der Waals surface area (Å²) in [5.74, 6) is -1.35. The van der Waals surface area contributed by atoms with Crippen molar-refractivity contribution >= 4 is 11.9 Å². The first-order valence-electron chi connectivity index (χ1n) is 3.64. The van der Waals surface area contributed by atoms with E-state index in [1.165, 1.54) is 0 Å². The zero-order valence-corrected chi connectivity index (χ0v) is 7.02. The quantitative estimate of drug-likeness (QED) is 0.483. The Morgan fingerprint density at radius 3 is 2.23 bits per heavy atom. The van der Waals surface area contributed by atoms with Crippen LogP contribution < -0.4 is 0 Å². The summed E-state index contributed by atoms with van der Waals surface area (Å²) >= 11 is 0. The van der Waals surface area contributed by atoms with Crippen LogP contribution in [0, 0.1) is 0 Å². The molecule has 0 aliphatic heterocycles. The van der Waals surface area contributed by atoms with Gasteiger partial charge in [0.1, 0.15) is 0 Å². The molecule has 0 saturated carbocycles. The van der Waals surface area contributed by atoms with E-state index < -0.39 is 11.9 Å². The molecule has 0 amide bonds. The molecule has 1 aromatic carbocycles. The Kier molecular flexibility index (Phi) is 3.03. The van der Waals surface area contributed by atoms with Gasteiger partial charge >= 0.3 is 11.9 Å². The molecule has 0 heterocycles. The minimum atomic E-state index is -0.684. The molecule has 4 nitrogen and oxygen atoms in total. The predicted octanol–water partition coefficient (Wildman–Crippen LogP) is 1.32. The molecular formula is C9H8O4. The predicted molar refractivity (Wildman–Crippen MR) is 43.6 cm³/mol. The molecule has 0 aliphatic rings. The zero-order chi connectivity index (χ0) is 9.68. The number of carbonyl (C=O) groups excluding carboxylic acids is 2. The fourth-order valence-electron chi connectivity index (χ4n) is 0.719. The molecule has 4 heteroatoms. The van der Waals surface area contributed by atoms with Gasteiger partial charge in [0.05, 0.1) is 5.56 Å². The largest absolute Gasteiger partial charge is 0.386 e. The topological polar surface area (TPSA) is 52.6 Å². The van der Waals surface area contributed by atoms with Crippen LogP contribution in [0.25, 0.3) is 0 Å². The van der Waals surface area contributed by atoms with Crippen molar-refractivity contribution in [3.63, 3.8) is 0 Å². The maximum Gasteiger partial charge on any atom is 0.386 e. The van der Waals surface area contributed by atoms with Crippen molar-refractivity contribution in [2.45, 2.75) is 6.92 Å². The van der Waals surface area contributed by atoms with Crippen LogP contribution in [-0.4, -0.2) is 11.9 Å². The number of carbonyl (C=O) groups is 2. The summed E-state index contributed by atoms with van der Waals surface area (Å²) in [6.07, 6.45) is 0. The summed E-state index contributed by atoms with van der Waals surface area (Å²) < 4.78 is 0. The highest BCUT2D eigenvalue weighted by Crippen LogP contribution is 2.00. The van der Waals surface area contributed by atoms with E-state index in [1.807, 2.05) is 0 Å². The Bertz CT molecular complexity index is 305. The van der Waals surface area contributed by atoms with E-state index >= 15 is 0 Å². The molecule has 0 aliphatic carbocycles. The molecular weight excluding hydrogens is 172 g/mol. The normalized spacial score (nSPS) is 9.00. The van der Waals surface area contributed by atoms with E-state index in [0.29, 0.717) is 5.56 Å². The molecule has 0 bridgehead atoms. The molecule has 0 radical (unpaired) electrons. The second-order valence-corrected chi connectivity index (χ2v) is 2.31. The lowest BCUT2D eigenvalue weighted by molar-refractivity contribution is -0.231. The Hall–Kier alpha value is -1.84. The van der Waals surface area contributed by atoms with Crippen LogP contribution in [-0.2, 0) is 14.6 Å². The van der Waals surface area contributed by atoms with Gasteiger partial charge in [0.15, 0.2) is 0 Å². The highest BCUT2D eigenvalue weighted by atomic mass is 17.2. The van der Waals surface area contributed by atoms with Crippen molar-refractivity contribution < 1.29 is 19.4 Å². The van der Waals surface area contributed by atoms with E-state index in [-0.39, 0.29) is 0 Å². The van der Waals surface area contributed by atoms with Gasteiger partial charge in [-0.3, -0.25) is 0 Å². The van der Waals surface area contributed by atoms with Gasteiger partial charge in [-0.25, -0.2) is 19.4 Å². The zero-order valence-electron chi connectivity index (χ0n) is 7.02. The van der Waals surface area contributed by atoms with Crippen LogP contribution >= 0.6 is 0 Å². The highest BCUT2D eigenvalue weighted by molar-refractivity contribution is 5.89. The standard InChI is InChI=1S/C9H8O4/c1-7(10)12-13-9(11)8-5-3-2-4-6-8/h2-6H,1H3. The fraction of sp³-hybridized carbons (Fsp3) is 0.111. The smallest absolute Gasteiger partial charge is 0.248 e. The van der Waals surface area contributed by atoms with Crippen molar-refractivity contribution in [3.05, 3.63) is 35.9 Å².